The van der Waals surface area contributed by atoms with E-state index >= 15 is 0 Å². The summed E-state index contributed by atoms with van der Waals surface area (Å²) in [5.74, 6) is 0.709. The lowest BCUT2D eigenvalue weighted by Crippen LogP contribution is -2.24. The zero-order valence-electron chi connectivity index (χ0n) is 9.03. The quantitative estimate of drug-likeness (QED) is 0.758. The van der Waals surface area contributed by atoms with Crippen LogP contribution in [0.3, 0.4) is 0 Å². The first-order valence-corrected chi connectivity index (χ1v) is 4.76. The summed E-state index contributed by atoms with van der Waals surface area (Å²) >= 11 is 0. The van der Waals surface area contributed by atoms with Gasteiger partial charge in [0.2, 0.25) is 5.91 Å². The van der Waals surface area contributed by atoms with Crippen molar-refractivity contribution >= 4 is 17.4 Å². The van der Waals surface area contributed by atoms with E-state index in [1.165, 1.54) is 0 Å². The van der Waals surface area contributed by atoms with Crippen LogP contribution in [0.1, 0.15) is 6.42 Å². The van der Waals surface area contributed by atoms with Crippen LogP contribution in [-0.4, -0.2) is 36.4 Å². The van der Waals surface area contributed by atoms with Crippen LogP contribution < -0.4 is 11.1 Å². The molecule has 5 nitrogen and oxygen atoms in total. The average Bonchev–Trinajstić information content (AvgIpc) is 2.20. The molecule has 1 aromatic heterocycles. The van der Waals surface area contributed by atoms with Gasteiger partial charge in [-0.2, -0.15) is 0 Å². The Morgan fingerprint density at radius 2 is 2.33 bits per heavy atom. The molecule has 0 bridgehead atoms. The fourth-order valence-corrected chi connectivity index (χ4v) is 1.08. The molecule has 0 spiro atoms. The summed E-state index contributed by atoms with van der Waals surface area (Å²) in [7, 11) is 3.47. The lowest BCUT2D eigenvalue weighted by Gasteiger charge is -2.11. The Kier molecular flexibility index (Phi) is 3.91. The maximum Gasteiger partial charge on any atom is 0.223 e. The highest BCUT2D eigenvalue weighted by molar-refractivity contribution is 5.76. The topological polar surface area (TPSA) is 71.2 Å². The van der Waals surface area contributed by atoms with Crippen molar-refractivity contribution in [2.75, 3.05) is 31.7 Å². The number of aromatic nitrogens is 1. The minimum absolute atomic E-state index is 0.0806. The second-order valence-electron chi connectivity index (χ2n) is 3.41. The third-order valence-corrected chi connectivity index (χ3v) is 1.97. The van der Waals surface area contributed by atoms with Gasteiger partial charge in [-0.05, 0) is 12.1 Å². The molecule has 0 saturated carbocycles. The van der Waals surface area contributed by atoms with Crippen LogP contribution in [0.15, 0.2) is 18.3 Å². The molecule has 1 heterocycles. The molecule has 0 fully saturated rings. The number of amides is 1. The van der Waals surface area contributed by atoms with Crippen LogP contribution in [0.5, 0.6) is 0 Å². The second-order valence-corrected chi connectivity index (χ2v) is 3.41. The van der Waals surface area contributed by atoms with Crippen LogP contribution in [-0.2, 0) is 4.79 Å². The van der Waals surface area contributed by atoms with Crippen LogP contribution in [0.25, 0.3) is 0 Å². The van der Waals surface area contributed by atoms with Crippen molar-refractivity contribution in [2.45, 2.75) is 6.42 Å². The number of pyridine rings is 1. The van der Waals surface area contributed by atoms with Crippen molar-refractivity contribution in [3.05, 3.63) is 18.3 Å². The Labute approximate surface area is 89.3 Å². The summed E-state index contributed by atoms with van der Waals surface area (Å²) in [5, 5.41) is 3.02. The fourth-order valence-electron chi connectivity index (χ4n) is 1.08. The zero-order valence-corrected chi connectivity index (χ0v) is 9.03. The van der Waals surface area contributed by atoms with E-state index in [9.17, 15) is 4.79 Å². The zero-order chi connectivity index (χ0) is 11.3. The molecule has 0 unspecified atom stereocenters. The predicted octanol–water partition coefficient (Wildman–Crippen LogP) is 0.554. The van der Waals surface area contributed by atoms with Crippen LogP contribution >= 0.6 is 0 Å². The summed E-state index contributed by atoms with van der Waals surface area (Å²) in [6.45, 7) is 0.540. The molecule has 0 atom stereocenters. The number of nitrogen functional groups attached to an aromatic ring is 1. The van der Waals surface area contributed by atoms with Crippen molar-refractivity contribution in [3.8, 4) is 0 Å². The third-order valence-electron chi connectivity index (χ3n) is 1.97. The van der Waals surface area contributed by atoms with Gasteiger partial charge in [0, 0.05) is 33.3 Å². The van der Waals surface area contributed by atoms with Crippen molar-refractivity contribution in [3.63, 3.8) is 0 Å². The Hall–Kier alpha value is -1.78. The summed E-state index contributed by atoms with van der Waals surface area (Å²) in [5.41, 5.74) is 6.27. The predicted molar refractivity (Wildman–Crippen MR) is 60.5 cm³/mol. The molecule has 0 radical (unpaired) electrons. The van der Waals surface area contributed by atoms with Gasteiger partial charge in [0.05, 0.1) is 5.69 Å². The van der Waals surface area contributed by atoms with Crippen molar-refractivity contribution in [1.29, 1.82) is 0 Å². The molecule has 1 rings (SSSR count). The summed E-state index contributed by atoms with van der Waals surface area (Å²) in [6, 6.07) is 3.54. The number of nitrogens with zero attached hydrogens (tertiary/aromatic N) is 2. The van der Waals surface area contributed by atoms with Crippen LogP contribution in [0.2, 0.25) is 0 Å². The standard InChI is InChI=1S/C10H16N4O/c1-14(2)9(15)5-7-13-10-8(11)4-3-6-12-10/h3-4,6H,5,7,11H2,1-2H3,(H,12,13). The lowest BCUT2D eigenvalue weighted by atomic mass is 10.3. The van der Waals surface area contributed by atoms with E-state index in [1.54, 1.807) is 37.3 Å². The molecule has 0 aliphatic rings. The van der Waals surface area contributed by atoms with Gasteiger partial charge in [0.1, 0.15) is 5.82 Å². The minimum Gasteiger partial charge on any atom is -0.396 e. The molecule has 1 aromatic rings. The molecular formula is C10H16N4O. The highest BCUT2D eigenvalue weighted by atomic mass is 16.2. The van der Waals surface area contributed by atoms with Crippen LogP contribution in [0, 0.1) is 0 Å². The van der Waals surface area contributed by atoms with E-state index in [4.69, 9.17) is 5.73 Å². The first-order chi connectivity index (χ1) is 7.11. The minimum atomic E-state index is 0.0806. The largest absolute Gasteiger partial charge is 0.396 e. The molecule has 0 aliphatic carbocycles. The van der Waals surface area contributed by atoms with Gasteiger partial charge in [-0.1, -0.05) is 0 Å². The number of anilines is 2. The SMILES string of the molecule is CN(C)C(=O)CCNc1ncccc1N. The second kappa shape index (κ2) is 5.19. The Bertz CT molecular complexity index is 338. The maximum absolute atomic E-state index is 11.3. The van der Waals surface area contributed by atoms with E-state index in [1.807, 2.05) is 0 Å². The Morgan fingerprint density at radius 1 is 1.60 bits per heavy atom. The molecule has 15 heavy (non-hydrogen) atoms. The highest BCUT2D eigenvalue weighted by Crippen LogP contribution is 2.12. The molecule has 82 valence electrons. The van der Waals surface area contributed by atoms with Gasteiger partial charge in [0.15, 0.2) is 0 Å². The van der Waals surface area contributed by atoms with Gasteiger partial charge in [-0.25, -0.2) is 4.98 Å². The number of carbonyl (C=O) groups excluding carboxylic acids is 1. The van der Waals surface area contributed by atoms with E-state index in [-0.39, 0.29) is 5.91 Å². The third kappa shape index (κ3) is 3.46. The van der Waals surface area contributed by atoms with Gasteiger partial charge in [0.25, 0.3) is 0 Å². The van der Waals surface area contributed by atoms with Gasteiger partial charge < -0.3 is 16.0 Å². The van der Waals surface area contributed by atoms with E-state index < -0.39 is 0 Å². The van der Waals surface area contributed by atoms with Gasteiger partial charge >= 0.3 is 0 Å². The number of hydrogen-bond donors (Lipinski definition) is 2. The first kappa shape index (κ1) is 11.3. The highest BCUT2D eigenvalue weighted by Gasteiger charge is 2.04. The number of hydrogen-bond acceptors (Lipinski definition) is 4. The average molecular weight is 208 g/mol. The number of carbonyl (C=O) groups is 1. The molecule has 1 amide bonds. The molecule has 5 heteroatoms. The number of rotatable bonds is 4. The monoisotopic (exact) mass is 208 g/mol. The summed E-state index contributed by atoms with van der Waals surface area (Å²) in [4.78, 5) is 16.9. The Balaban J connectivity index is 2.38. The van der Waals surface area contributed by atoms with E-state index in [2.05, 4.69) is 10.3 Å². The number of nitrogens with one attached hydrogen (secondary N) is 1. The fraction of sp³-hybridized carbons (Fsp3) is 0.400. The normalized spacial score (nSPS) is 9.73. The Morgan fingerprint density at radius 3 is 2.93 bits per heavy atom. The summed E-state index contributed by atoms with van der Waals surface area (Å²) in [6.07, 6.45) is 2.09. The molecule has 0 aromatic carbocycles. The molecular weight excluding hydrogens is 192 g/mol. The van der Waals surface area contributed by atoms with E-state index in [0.29, 0.717) is 24.5 Å². The summed E-state index contributed by atoms with van der Waals surface area (Å²) < 4.78 is 0. The van der Waals surface area contributed by atoms with Gasteiger partial charge in [-0.3, -0.25) is 4.79 Å². The molecule has 0 aliphatic heterocycles. The number of nitrogens with two attached hydrogens (primary N) is 1. The molecule has 3 N–H and O–H groups in total. The van der Waals surface area contributed by atoms with Crippen molar-refractivity contribution in [1.82, 2.24) is 9.88 Å². The smallest absolute Gasteiger partial charge is 0.223 e. The molecule has 0 saturated heterocycles. The maximum atomic E-state index is 11.3. The van der Waals surface area contributed by atoms with Crippen molar-refractivity contribution in [2.24, 2.45) is 0 Å². The van der Waals surface area contributed by atoms with Gasteiger partial charge in [-0.15, -0.1) is 0 Å². The lowest BCUT2D eigenvalue weighted by molar-refractivity contribution is -0.128. The van der Waals surface area contributed by atoms with E-state index in [0.717, 1.165) is 0 Å². The van der Waals surface area contributed by atoms with Crippen LogP contribution in [0.4, 0.5) is 11.5 Å². The van der Waals surface area contributed by atoms with Crippen molar-refractivity contribution < 1.29 is 4.79 Å². The first-order valence-electron chi connectivity index (χ1n) is 4.76.